The minimum absolute atomic E-state index is 0.778. The molecular formula is C14H10N2O. The molecule has 2 aromatic carbocycles. The van der Waals surface area contributed by atoms with Crippen LogP contribution in [0.4, 0.5) is 0 Å². The van der Waals surface area contributed by atoms with E-state index in [2.05, 4.69) is 11.2 Å². The molecule has 0 N–H and O–H groups in total. The van der Waals surface area contributed by atoms with Gasteiger partial charge in [0.1, 0.15) is 5.75 Å². The van der Waals surface area contributed by atoms with E-state index in [0.29, 0.717) is 0 Å². The molecule has 0 aliphatic carbocycles. The standard InChI is InChI=1S/C14H10N2O/c1-4-8-13-10(5-1)9-16-14(17-13)11-6-2-3-7-12(11)15-16/h1-8H,9H2. The number of para-hydroxylation sites is 1. The van der Waals surface area contributed by atoms with Crippen LogP contribution in [0.3, 0.4) is 0 Å². The van der Waals surface area contributed by atoms with E-state index >= 15 is 0 Å². The molecule has 0 atom stereocenters. The average molecular weight is 222 g/mol. The number of benzene rings is 2. The van der Waals surface area contributed by atoms with Crippen molar-refractivity contribution in [2.45, 2.75) is 6.54 Å². The maximum Gasteiger partial charge on any atom is 0.226 e. The molecule has 1 aliphatic heterocycles. The molecule has 3 nitrogen and oxygen atoms in total. The highest BCUT2D eigenvalue weighted by Gasteiger charge is 2.20. The van der Waals surface area contributed by atoms with Crippen LogP contribution in [0.5, 0.6) is 11.6 Å². The molecule has 4 rings (SSSR count). The number of hydrogen-bond donors (Lipinski definition) is 0. The van der Waals surface area contributed by atoms with Gasteiger partial charge in [-0.3, -0.25) is 0 Å². The highest BCUT2D eigenvalue weighted by molar-refractivity contribution is 5.84. The molecule has 1 aliphatic rings. The van der Waals surface area contributed by atoms with E-state index in [9.17, 15) is 0 Å². The summed E-state index contributed by atoms with van der Waals surface area (Å²) < 4.78 is 7.85. The Morgan fingerprint density at radius 1 is 1.00 bits per heavy atom. The van der Waals surface area contributed by atoms with Crippen molar-refractivity contribution in [3.8, 4) is 11.6 Å². The number of rotatable bonds is 0. The fraction of sp³-hybridized carbons (Fsp3) is 0.0714. The summed E-state index contributed by atoms with van der Waals surface area (Å²) in [5.41, 5.74) is 2.16. The predicted molar refractivity (Wildman–Crippen MR) is 65.4 cm³/mol. The monoisotopic (exact) mass is 222 g/mol. The summed E-state index contributed by atoms with van der Waals surface area (Å²) in [5, 5.41) is 5.62. The van der Waals surface area contributed by atoms with Gasteiger partial charge >= 0.3 is 0 Å². The normalized spacial score (nSPS) is 12.9. The molecule has 0 fully saturated rings. The van der Waals surface area contributed by atoms with E-state index in [0.717, 1.165) is 29.1 Å². The summed E-state index contributed by atoms with van der Waals surface area (Å²) in [6.45, 7) is 0.778. The lowest BCUT2D eigenvalue weighted by molar-refractivity contribution is 0.393. The third-order valence-electron chi connectivity index (χ3n) is 3.10. The third-order valence-corrected chi connectivity index (χ3v) is 3.10. The molecule has 0 saturated carbocycles. The zero-order valence-electron chi connectivity index (χ0n) is 9.13. The lowest BCUT2D eigenvalue weighted by Gasteiger charge is -2.18. The molecular weight excluding hydrogens is 212 g/mol. The van der Waals surface area contributed by atoms with Crippen LogP contribution in [-0.2, 0) is 6.54 Å². The molecule has 82 valence electrons. The molecule has 2 heterocycles. The second-order valence-corrected chi connectivity index (χ2v) is 4.19. The summed E-state index contributed by atoms with van der Waals surface area (Å²) >= 11 is 0. The van der Waals surface area contributed by atoms with Gasteiger partial charge in [-0.15, -0.1) is 0 Å². The Labute approximate surface area is 98.3 Å². The molecule has 0 unspecified atom stereocenters. The molecule has 0 amide bonds. The minimum Gasteiger partial charge on any atom is -0.438 e. The second kappa shape index (κ2) is 3.10. The second-order valence-electron chi connectivity index (χ2n) is 4.19. The first-order valence-corrected chi connectivity index (χ1v) is 5.63. The highest BCUT2D eigenvalue weighted by Crippen LogP contribution is 2.36. The van der Waals surface area contributed by atoms with Gasteiger partial charge in [0.2, 0.25) is 5.88 Å². The van der Waals surface area contributed by atoms with Gasteiger partial charge in [0, 0.05) is 5.56 Å². The zero-order valence-corrected chi connectivity index (χ0v) is 9.13. The van der Waals surface area contributed by atoms with Crippen molar-refractivity contribution in [2.24, 2.45) is 0 Å². The molecule has 1 aromatic heterocycles. The van der Waals surface area contributed by atoms with Crippen LogP contribution in [0.1, 0.15) is 5.56 Å². The first-order valence-electron chi connectivity index (χ1n) is 5.63. The van der Waals surface area contributed by atoms with Crippen LogP contribution < -0.4 is 4.74 Å². The maximum atomic E-state index is 5.93. The number of fused-ring (bicyclic) bond motifs is 4. The summed E-state index contributed by atoms with van der Waals surface area (Å²) in [5.74, 6) is 1.78. The molecule has 0 bridgehead atoms. The number of nitrogens with zero attached hydrogens (tertiary/aromatic N) is 2. The van der Waals surface area contributed by atoms with Gasteiger partial charge in [0.25, 0.3) is 0 Å². The lowest BCUT2D eigenvalue weighted by atomic mass is 10.2. The van der Waals surface area contributed by atoms with E-state index in [1.807, 2.05) is 47.1 Å². The van der Waals surface area contributed by atoms with Crippen molar-refractivity contribution < 1.29 is 4.74 Å². The molecule has 17 heavy (non-hydrogen) atoms. The quantitative estimate of drug-likeness (QED) is 0.457. The third kappa shape index (κ3) is 1.19. The zero-order chi connectivity index (χ0) is 11.2. The van der Waals surface area contributed by atoms with Gasteiger partial charge in [-0.05, 0) is 18.2 Å². The molecule has 3 aromatic rings. The molecule has 3 heteroatoms. The van der Waals surface area contributed by atoms with Gasteiger partial charge in [-0.25, -0.2) is 4.68 Å². The van der Waals surface area contributed by atoms with Crippen molar-refractivity contribution in [1.82, 2.24) is 9.78 Å². The van der Waals surface area contributed by atoms with E-state index in [4.69, 9.17) is 4.74 Å². The van der Waals surface area contributed by atoms with Crippen molar-refractivity contribution in [2.75, 3.05) is 0 Å². The number of ether oxygens (including phenoxy) is 1. The maximum absolute atomic E-state index is 5.93. The minimum atomic E-state index is 0.778. The van der Waals surface area contributed by atoms with Crippen LogP contribution in [0.2, 0.25) is 0 Å². The Morgan fingerprint density at radius 2 is 1.82 bits per heavy atom. The Bertz CT molecular complexity index is 715. The van der Waals surface area contributed by atoms with Crippen LogP contribution >= 0.6 is 0 Å². The van der Waals surface area contributed by atoms with Crippen LogP contribution in [-0.4, -0.2) is 9.78 Å². The van der Waals surface area contributed by atoms with Gasteiger partial charge in [-0.1, -0.05) is 30.3 Å². The Hall–Kier alpha value is -2.29. The fourth-order valence-corrected chi connectivity index (χ4v) is 2.27. The van der Waals surface area contributed by atoms with Gasteiger partial charge in [-0.2, -0.15) is 5.10 Å². The largest absolute Gasteiger partial charge is 0.438 e. The van der Waals surface area contributed by atoms with Crippen molar-refractivity contribution in [3.63, 3.8) is 0 Å². The Kier molecular flexibility index (Phi) is 1.61. The van der Waals surface area contributed by atoms with Gasteiger partial charge < -0.3 is 4.74 Å². The summed E-state index contributed by atoms with van der Waals surface area (Å²) in [7, 11) is 0. The average Bonchev–Trinajstić information content (AvgIpc) is 2.73. The summed E-state index contributed by atoms with van der Waals surface area (Å²) in [4.78, 5) is 0. The number of hydrogen-bond acceptors (Lipinski definition) is 2. The number of aromatic nitrogens is 2. The predicted octanol–water partition coefficient (Wildman–Crippen LogP) is 3.19. The van der Waals surface area contributed by atoms with E-state index in [1.54, 1.807) is 0 Å². The smallest absolute Gasteiger partial charge is 0.226 e. The van der Waals surface area contributed by atoms with E-state index < -0.39 is 0 Å². The van der Waals surface area contributed by atoms with Crippen molar-refractivity contribution in [3.05, 3.63) is 54.1 Å². The van der Waals surface area contributed by atoms with Gasteiger partial charge in [0.05, 0.1) is 17.4 Å². The molecule has 0 saturated heterocycles. The molecule has 0 spiro atoms. The van der Waals surface area contributed by atoms with Crippen molar-refractivity contribution in [1.29, 1.82) is 0 Å². The first kappa shape index (κ1) is 8.82. The first-order chi connectivity index (χ1) is 8.42. The Balaban J connectivity index is 1.97. The van der Waals surface area contributed by atoms with Gasteiger partial charge in [0.15, 0.2) is 0 Å². The van der Waals surface area contributed by atoms with Crippen LogP contribution in [0.25, 0.3) is 10.9 Å². The van der Waals surface area contributed by atoms with Crippen molar-refractivity contribution >= 4 is 10.9 Å². The van der Waals surface area contributed by atoms with Crippen LogP contribution in [0, 0.1) is 0 Å². The summed E-state index contributed by atoms with van der Waals surface area (Å²) in [6.07, 6.45) is 0. The van der Waals surface area contributed by atoms with E-state index in [1.165, 1.54) is 5.56 Å². The lowest BCUT2D eigenvalue weighted by Crippen LogP contribution is -2.10. The summed E-state index contributed by atoms with van der Waals surface area (Å²) in [6, 6.07) is 16.1. The topological polar surface area (TPSA) is 27.1 Å². The fourth-order valence-electron chi connectivity index (χ4n) is 2.27. The Morgan fingerprint density at radius 3 is 2.82 bits per heavy atom. The highest BCUT2D eigenvalue weighted by atomic mass is 16.5. The molecule has 0 radical (unpaired) electrons. The van der Waals surface area contributed by atoms with E-state index in [-0.39, 0.29) is 0 Å². The SMILES string of the molecule is c1ccc2c(c1)Cn1nc3ccccc3c1O2. The van der Waals surface area contributed by atoms with Crippen LogP contribution in [0.15, 0.2) is 48.5 Å².